The van der Waals surface area contributed by atoms with Crippen LogP contribution in [-0.2, 0) is 16.9 Å². The molecule has 0 aromatic heterocycles. The molecule has 2 N–H and O–H groups in total. The molecule has 16 heavy (non-hydrogen) atoms. The molecular weight excluding hydrogens is 198 g/mol. The lowest BCUT2D eigenvalue weighted by atomic mass is 10.1. The van der Waals surface area contributed by atoms with Gasteiger partial charge in [-0.25, -0.2) is 0 Å². The smallest absolute Gasteiger partial charge is 0.143 e. The van der Waals surface area contributed by atoms with Gasteiger partial charge < -0.3 is 4.74 Å². The molecule has 1 aromatic rings. The van der Waals surface area contributed by atoms with E-state index in [4.69, 9.17) is 10.5 Å². The molecule has 1 aliphatic rings. The van der Waals surface area contributed by atoms with Gasteiger partial charge in [0.25, 0.3) is 0 Å². The highest BCUT2D eigenvalue weighted by atomic mass is 16.5. The summed E-state index contributed by atoms with van der Waals surface area (Å²) < 4.78 is 5.90. The number of rotatable bonds is 5. The molecule has 88 valence electrons. The second-order valence-corrected chi connectivity index (χ2v) is 4.60. The van der Waals surface area contributed by atoms with Crippen LogP contribution in [0, 0.1) is 0 Å². The number of fused-ring (bicyclic) bond motifs is 1. The van der Waals surface area contributed by atoms with Gasteiger partial charge in [-0.1, -0.05) is 44.0 Å². The van der Waals surface area contributed by atoms with Crippen molar-refractivity contribution in [3.63, 3.8) is 0 Å². The number of unbranched alkanes of at least 4 members (excludes halogenated alkanes) is 2. The first kappa shape index (κ1) is 11.6. The average molecular weight is 219 g/mol. The van der Waals surface area contributed by atoms with E-state index >= 15 is 0 Å². The normalized spacial score (nSPS) is 23.4. The van der Waals surface area contributed by atoms with Crippen LogP contribution in [0.5, 0.6) is 0 Å². The summed E-state index contributed by atoms with van der Waals surface area (Å²) in [5.41, 5.74) is 8.34. The van der Waals surface area contributed by atoms with Gasteiger partial charge in [0.1, 0.15) is 5.72 Å². The summed E-state index contributed by atoms with van der Waals surface area (Å²) in [4.78, 5) is 0. The molecule has 2 nitrogen and oxygen atoms in total. The molecule has 0 saturated heterocycles. The summed E-state index contributed by atoms with van der Waals surface area (Å²) in [5, 5.41) is 0. The largest absolute Gasteiger partial charge is 0.357 e. The topological polar surface area (TPSA) is 35.2 Å². The van der Waals surface area contributed by atoms with E-state index in [1.165, 1.54) is 24.0 Å². The number of benzene rings is 1. The Labute approximate surface area is 97.8 Å². The number of ether oxygens (including phenoxy) is 1. The zero-order valence-corrected chi connectivity index (χ0v) is 10.0. The van der Waals surface area contributed by atoms with Crippen molar-refractivity contribution >= 4 is 0 Å². The molecule has 0 fully saturated rings. The van der Waals surface area contributed by atoms with Crippen molar-refractivity contribution in [1.29, 1.82) is 0 Å². The molecule has 0 saturated carbocycles. The van der Waals surface area contributed by atoms with Crippen molar-refractivity contribution in [2.45, 2.75) is 44.8 Å². The highest BCUT2D eigenvalue weighted by Gasteiger charge is 2.35. The monoisotopic (exact) mass is 219 g/mol. The van der Waals surface area contributed by atoms with Gasteiger partial charge in [-0.3, -0.25) is 5.73 Å². The molecule has 2 rings (SSSR count). The van der Waals surface area contributed by atoms with Crippen molar-refractivity contribution in [2.75, 3.05) is 6.61 Å². The Morgan fingerprint density at radius 1 is 1.31 bits per heavy atom. The van der Waals surface area contributed by atoms with Gasteiger partial charge >= 0.3 is 0 Å². The van der Waals surface area contributed by atoms with Crippen molar-refractivity contribution in [2.24, 2.45) is 5.73 Å². The second-order valence-electron chi connectivity index (χ2n) is 4.60. The molecule has 2 heteroatoms. The van der Waals surface area contributed by atoms with Crippen LogP contribution in [-0.4, -0.2) is 6.61 Å². The van der Waals surface area contributed by atoms with Crippen molar-refractivity contribution in [3.8, 4) is 0 Å². The van der Waals surface area contributed by atoms with E-state index in [0.29, 0.717) is 0 Å². The lowest BCUT2D eigenvalue weighted by Gasteiger charge is -2.25. The molecule has 0 aliphatic heterocycles. The molecule has 1 unspecified atom stereocenters. The third-order valence-electron chi connectivity index (χ3n) is 3.35. The minimum Gasteiger partial charge on any atom is -0.357 e. The van der Waals surface area contributed by atoms with Crippen LogP contribution in [0.25, 0.3) is 0 Å². The summed E-state index contributed by atoms with van der Waals surface area (Å²) in [6, 6.07) is 8.37. The van der Waals surface area contributed by atoms with E-state index in [9.17, 15) is 0 Å². The van der Waals surface area contributed by atoms with Gasteiger partial charge in [0.2, 0.25) is 0 Å². The number of aryl methyl sites for hydroxylation is 1. The molecule has 1 atom stereocenters. The van der Waals surface area contributed by atoms with Gasteiger partial charge in [0.15, 0.2) is 0 Å². The van der Waals surface area contributed by atoms with Crippen LogP contribution in [0.4, 0.5) is 0 Å². The van der Waals surface area contributed by atoms with Gasteiger partial charge in [-0.05, 0) is 24.8 Å². The van der Waals surface area contributed by atoms with Crippen LogP contribution >= 0.6 is 0 Å². The average Bonchev–Trinajstić information content (AvgIpc) is 2.64. The van der Waals surface area contributed by atoms with Gasteiger partial charge in [-0.2, -0.15) is 0 Å². The quantitative estimate of drug-likeness (QED) is 0.610. The lowest BCUT2D eigenvalue weighted by Crippen LogP contribution is -2.37. The fraction of sp³-hybridized carbons (Fsp3) is 0.571. The predicted molar refractivity (Wildman–Crippen MR) is 66.1 cm³/mol. The molecule has 0 radical (unpaired) electrons. The Bertz CT molecular complexity index is 350. The fourth-order valence-corrected chi connectivity index (χ4v) is 2.36. The third-order valence-corrected chi connectivity index (χ3v) is 3.35. The highest BCUT2D eigenvalue weighted by molar-refractivity contribution is 5.36. The summed E-state index contributed by atoms with van der Waals surface area (Å²) in [6.45, 7) is 2.97. The Morgan fingerprint density at radius 3 is 2.94 bits per heavy atom. The minimum atomic E-state index is -0.523. The first-order chi connectivity index (χ1) is 7.76. The van der Waals surface area contributed by atoms with Crippen LogP contribution in [0.3, 0.4) is 0 Å². The lowest BCUT2D eigenvalue weighted by molar-refractivity contribution is -0.0464. The number of hydrogen-bond acceptors (Lipinski definition) is 2. The zero-order valence-electron chi connectivity index (χ0n) is 10.0. The van der Waals surface area contributed by atoms with Crippen LogP contribution < -0.4 is 5.73 Å². The van der Waals surface area contributed by atoms with Crippen molar-refractivity contribution < 1.29 is 4.74 Å². The standard InChI is InChI=1S/C14H21NO/c1-2-3-6-11-16-14(15)10-9-12-7-4-5-8-13(12)14/h4-5,7-8H,2-3,6,9-11,15H2,1H3. The van der Waals surface area contributed by atoms with Crippen LogP contribution in [0.2, 0.25) is 0 Å². The molecule has 0 heterocycles. The number of hydrogen-bond donors (Lipinski definition) is 1. The van der Waals surface area contributed by atoms with Crippen LogP contribution in [0.15, 0.2) is 24.3 Å². The second kappa shape index (κ2) is 4.98. The first-order valence-electron chi connectivity index (χ1n) is 6.27. The fourth-order valence-electron chi connectivity index (χ4n) is 2.36. The molecule has 0 spiro atoms. The predicted octanol–water partition coefficient (Wildman–Crippen LogP) is 2.95. The van der Waals surface area contributed by atoms with E-state index in [2.05, 4.69) is 25.1 Å². The maximum atomic E-state index is 6.33. The highest BCUT2D eigenvalue weighted by Crippen LogP contribution is 2.35. The molecule has 0 bridgehead atoms. The molecule has 1 aliphatic carbocycles. The zero-order chi connectivity index (χ0) is 11.4. The maximum absolute atomic E-state index is 6.33. The Hall–Kier alpha value is -0.860. The molecular formula is C14H21NO. The molecule has 0 amide bonds. The van der Waals surface area contributed by atoms with E-state index in [1.54, 1.807) is 0 Å². The van der Waals surface area contributed by atoms with E-state index in [1.807, 2.05) is 6.07 Å². The Kier molecular flexibility index (Phi) is 3.62. The summed E-state index contributed by atoms with van der Waals surface area (Å²) in [5.74, 6) is 0. The Morgan fingerprint density at radius 2 is 2.12 bits per heavy atom. The van der Waals surface area contributed by atoms with E-state index < -0.39 is 5.72 Å². The van der Waals surface area contributed by atoms with Gasteiger partial charge in [0.05, 0.1) is 0 Å². The number of nitrogens with two attached hydrogens (primary N) is 1. The van der Waals surface area contributed by atoms with Gasteiger partial charge in [-0.15, -0.1) is 0 Å². The summed E-state index contributed by atoms with van der Waals surface area (Å²) in [7, 11) is 0. The van der Waals surface area contributed by atoms with Crippen LogP contribution in [0.1, 0.15) is 43.7 Å². The van der Waals surface area contributed by atoms with Crippen molar-refractivity contribution in [3.05, 3.63) is 35.4 Å². The SMILES string of the molecule is CCCCCOC1(N)CCc2ccccc21. The summed E-state index contributed by atoms with van der Waals surface area (Å²) in [6.07, 6.45) is 5.51. The third kappa shape index (κ3) is 2.28. The van der Waals surface area contributed by atoms with Gasteiger partial charge in [0, 0.05) is 12.2 Å². The van der Waals surface area contributed by atoms with E-state index in [0.717, 1.165) is 25.9 Å². The maximum Gasteiger partial charge on any atom is 0.143 e. The molecule has 1 aromatic carbocycles. The van der Waals surface area contributed by atoms with Crippen molar-refractivity contribution in [1.82, 2.24) is 0 Å². The minimum absolute atomic E-state index is 0.523. The first-order valence-corrected chi connectivity index (χ1v) is 6.27. The Balaban J connectivity index is 1.99. The van der Waals surface area contributed by atoms with E-state index in [-0.39, 0.29) is 0 Å². The summed E-state index contributed by atoms with van der Waals surface area (Å²) >= 11 is 0.